The van der Waals surface area contributed by atoms with Gasteiger partial charge in [-0.1, -0.05) is 97.2 Å². The van der Waals surface area contributed by atoms with Gasteiger partial charge in [-0.05, 0) is 46.0 Å². The fourth-order valence-electron chi connectivity index (χ4n) is 2.87. The Balaban J connectivity index is 0.000000190. The van der Waals surface area contributed by atoms with Crippen molar-refractivity contribution < 1.29 is 5.11 Å². The van der Waals surface area contributed by atoms with Gasteiger partial charge in [0.2, 0.25) is 0 Å². The molecule has 4 aromatic carbocycles. The molecule has 4 rings (SSSR count). The summed E-state index contributed by atoms with van der Waals surface area (Å²) in [5.41, 5.74) is 0. The summed E-state index contributed by atoms with van der Waals surface area (Å²) in [6.07, 6.45) is 1.75. The Labute approximate surface area is 188 Å². The Hall–Kier alpha value is -2.46. The third-order valence-electron chi connectivity index (χ3n) is 4.06. The minimum atomic E-state index is 0.230. The van der Waals surface area contributed by atoms with Crippen molar-refractivity contribution in [2.75, 3.05) is 12.4 Å². The number of aliphatic hydroxyl groups excluding tert-OH is 1. The molecular formula is C27H28OS2. The number of benzene rings is 4. The number of hydrogen-bond acceptors (Lipinski definition) is 3. The summed E-state index contributed by atoms with van der Waals surface area (Å²) in [5.74, 6) is 0.758. The van der Waals surface area contributed by atoms with Crippen LogP contribution < -0.4 is 0 Å². The van der Waals surface area contributed by atoms with Gasteiger partial charge in [0.25, 0.3) is 0 Å². The predicted molar refractivity (Wildman–Crippen MR) is 138 cm³/mol. The molecule has 3 heteroatoms. The van der Waals surface area contributed by atoms with Crippen LogP contribution in [-0.2, 0) is 0 Å². The van der Waals surface area contributed by atoms with Crippen molar-refractivity contribution in [1.29, 1.82) is 0 Å². The highest BCUT2D eigenvalue weighted by molar-refractivity contribution is 8.02. The summed E-state index contributed by atoms with van der Waals surface area (Å²) >= 11 is 3.37. The third-order valence-corrected chi connectivity index (χ3v) is 5.89. The molecule has 0 saturated heterocycles. The Morgan fingerprint density at radius 1 is 0.733 bits per heavy atom. The molecular weight excluding hydrogens is 404 g/mol. The predicted octanol–water partition coefficient (Wildman–Crippen LogP) is 8.19. The second kappa shape index (κ2) is 13.7. The lowest BCUT2D eigenvalue weighted by molar-refractivity contribution is 0.322. The molecule has 4 aromatic rings. The number of thioether (sulfide) groups is 2. The van der Waals surface area contributed by atoms with E-state index in [-0.39, 0.29) is 6.61 Å². The van der Waals surface area contributed by atoms with Gasteiger partial charge in [-0.2, -0.15) is 0 Å². The normalized spacial score (nSPS) is 9.80. The van der Waals surface area contributed by atoms with Gasteiger partial charge in [0.05, 0.1) is 6.61 Å². The van der Waals surface area contributed by atoms with Crippen LogP contribution in [0.1, 0.15) is 6.92 Å². The quantitative estimate of drug-likeness (QED) is 0.253. The lowest BCUT2D eigenvalue weighted by Gasteiger charge is -2.04. The van der Waals surface area contributed by atoms with Crippen molar-refractivity contribution >= 4 is 45.1 Å². The Kier molecular flexibility index (Phi) is 10.9. The first kappa shape index (κ1) is 23.8. The van der Waals surface area contributed by atoms with Gasteiger partial charge in [-0.3, -0.25) is 0 Å². The van der Waals surface area contributed by atoms with E-state index in [0.29, 0.717) is 0 Å². The molecule has 1 nitrogen and oxygen atoms in total. The van der Waals surface area contributed by atoms with Gasteiger partial charge in [0.1, 0.15) is 0 Å². The van der Waals surface area contributed by atoms with Crippen molar-refractivity contribution in [2.45, 2.75) is 16.7 Å². The van der Waals surface area contributed by atoms with Crippen molar-refractivity contribution in [1.82, 2.24) is 0 Å². The zero-order valence-electron chi connectivity index (χ0n) is 17.3. The number of rotatable bonds is 5. The summed E-state index contributed by atoms with van der Waals surface area (Å²) in [5, 5.41) is 15.8. The Morgan fingerprint density at radius 2 is 1.20 bits per heavy atom. The maximum absolute atomic E-state index is 8.78. The fraction of sp³-hybridized carbons (Fsp3) is 0.111. The molecule has 0 aromatic heterocycles. The first-order chi connectivity index (χ1) is 14.7. The van der Waals surface area contributed by atoms with Gasteiger partial charge in [0, 0.05) is 15.5 Å². The highest BCUT2D eigenvalue weighted by atomic mass is 32.2. The van der Waals surface area contributed by atoms with Gasteiger partial charge in [0.15, 0.2) is 0 Å². The number of hydrogen-bond donors (Lipinski definition) is 1. The van der Waals surface area contributed by atoms with E-state index in [2.05, 4.69) is 86.0 Å². The molecule has 0 aliphatic heterocycles. The Morgan fingerprint density at radius 3 is 1.73 bits per heavy atom. The summed E-state index contributed by atoms with van der Waals surface area (Å²) in [6.45, 7) is 9.21. The van der Waals surface area contributed by atoms with Crippen LogP contribution in [0, 0.1) is 0 Å². The van der Waals surface area contributed by atoms with Crippen LogP contribution in [0.15, 0.2) is 119 Å². The fourth-order valence-corrected chi connectivity index (χ4v) is 4.34. The van der Waals surface area contributed by atoms with Crippen molar-refractivity contribution in [3.8, 4) is 0 Å². The zero-order valence-corrected chi connectivity index (χ0v) is 19.0. The molecule has 0 aliphatic rings. The van der Waals surface area contributed by atoms with E-state index in [1.165, 1.54) is 31.3 Å². The molecule has 154 valence electrons. The minimum Gasteiger partial charge on any atom is -0.396 e. The third kappa shape index (κ3) is 7.10. The summed E-state index contributed by atoms with van der Waals surface area (Å²) in [6, 6.07) is 29.3. The average molecular weight is 433 g/mol. The number of allylic oxidation sites excluding steroid dienone is 1. The highest BCUT2D eigenvalue weighted by Gasteiger charge is 1.99. The van der Waals surface area contributed by atoms with Crippen LogP contribution in [0.25, 0.3) is 21.5 Å². The zero-order chi connectivity index (χ0) is 21.6. The molecule has 0 fully saturated rings. The van der Waals surface area contributed by atoms with Gasteiger partial charge in [-0.15, -0.1) is 18.3 Å². The van der Waals surface area contributed by atoms with Gasteiger partial charge in [-0.25, -0.2) is 0 Å². The second-order valence-corrected chi connectivity index (χ2v) is 8.37. The van der Waals surface area contributed by atoms with Crippen molar-refractivity contribution in [3.63, 3.8) is 0 Å². The summed E-state index contributed by atoms with van der Waals surface area (Å²) < 4.78 is 0. The smallest absolute Gasteiger partial charge is 0.0525 e. The molecule has 0 unspecified atom stereocenters. The molecule has 0 heterocycles. The number of fused-ring (bicyclic) bond motifs is 2. The monoisotopic (exact) mass is 432 g/mol. The minimum absolute atomic E-state index is 0.230. The van der Waals surface area contributed by atoms with Crippen LogP contribution in [0.2, 0.25) is 0 Å². The maximum atomic E-state index is 8.78. The first-order valence-electron chi connectivity index (χ1n) is 9.79. The molecule has 0 radical (unpaired) electrons. The van der Waals surface area contributed by atoms with Crippen molar-refractivity contribution in [3.05, 3.63) is 110 Å². The molecule has 0 spiro atoms. The van der Waals surface area contributed by atoms with E-state index in [9.17, 15) is 0 Å². The molecule has 0 aliphatic carbocycles. The topological polar surface area (TPSA) is 20.2 Å². The number of aliphatic hydroxyl groups is 1. The van der Waals surface area contributed by atoms with E-state index in [1.807, 2.05) is 24.5 Å². The standard InChI is InChI=1S/C12H12OS.C12H10S.C3H6/c13-8-9-14-12-7-3-5-10-4-1-2-6-11(10)12;1-2-13-12-9-5-7-10-6-3-4-8-11(10)12;1-3-2/h1-7,13H,8-9H2;2-9H,1H2;3H,1H2,2H3. The lowest BCUT2D eigenvalue weighted by atomic mass is 10.1. The summed E-state index contributed by atoms with van der Waals surface area (Å²) in [7, 11) is 0. The van der Waals surface area contributed by atoms with Crippen LogP contribution >= 0.6 is 23.5 Å². The molecule has 0 amide bonds. The summed E-state index contributed by atoms with van der Waals surface area (Å²) in [4.78, 5) is 2.52. The van der Waals surface area contributed by atoms with Gasteiger partial charge >= 0.3 is 0 Å². The molecule has 30 heavy (non-hydrogen) atoms. The van der Waals surface area contributed by atoms with E-state index in [1.54, 1.807) is 29.6 Å². The van der Waals surface area contributed by atoms with Crippen molar-refractivity contribution in [2.24, 2.45) is 0 Å². The van der Waals surface area contributed by atoms with Crippen LogP contribution in [0.5, 0.6) is 0 Å². The van der Waals surface area contributed by atoms with Crippen LogP contribution in [0.4, 0.5) is 0 Å². The average Bonchev–Trinajstić information content (AvgIpc) is 2.79. The SMILES string of the molecule is C=CC.C=CSc1cccc2ccccc12.OCCSc1cccc2ccccc12. The Bertz CT molecular complexity index is 1060. The van der Waals surface area contributed by atoms with Gasteiger partial charge < -0.3 is 5.11 Å². The van der Waals surface area contributed by atoms with E-state index in [0.717, 1.165) is 5.75 Å². The molecule has 0 saturated carbocycles. The molecule has 0 bridgehead atoms. The van der Waals surface area contributed by atoms with E-state index in [4.69, 9.17) is 5.11 Å². The van der Waals surface area contributed by atoms with E-state index < -0.39 is 0 Å². The first-order valence-corrected chi connectivity index (χ1v) is 11.7. The molecule has 0 atom stereocenters. The van der Waals surface area contributed by atoms with Crippen LogP contribution in [-0.4, -0.2) is 17.5 Å². The second-order valence-electron chi connectivity index (χ2n) is 6.22. The lowest BCUT2D eigenvalue weighted by Crippen LogP contribution is -1.86. The highest BCUT2D eigenvalue weighted by Crippen LogP contribution is 2.28. The molecule has 1 N–H and O–H groups in total. The van der Waals surface area contributed by atoms with Crippen LogP contribution in [0.3, 0.4) is 0 Å². The van der Waals surface area contributed by atoms with E-state index >= 15 is 0 Å². The largest absolute Gasteiger partial charge is 0.396 e. The maximum Gasteiger partial charge on any atom is 0.0525 e.